The van der Waals surface area contributed by atoms with E-state index in [-0.39, 0.29) is 17.8 Å². The van der Waals surface area contributed by atoms with Crippen LogP contribution < -0.4 is 0 Å². The van der Waals surface area contributed by atoms with Gasteiger partial charge in [-0.3, -0.25) is 4.79 Å². The molecule has 4 nitrogen and oxygen atoms in total. The van der Waals surface area contributed by atoms with Gasteiger partial charge in [0.15, 0.2) is 0 Å². The van der Waals surface area contributed by atoms with Gasteiger partial charge in [0.25, 0.3) is 0 Å². The van der Waals surface area contributed by atoms with Gasteiger partial charge in [0.05, 0.1) is 11.0 Å². The van der Waals surface area contributed by atoms with Crippen molar-refractivity contribution in [2.45, 2.75) is 32.2 Å². The summed E-state index contributed by atoms with van der Waals surface area (Å²) in [5.41, 5.74) is 2.82. The zero-order valence-corrected chi connectivity index (χ0v) is 14.9. The molecule has 1 unspecified atom stereocenters. The van der Waals surface area contributed by atoms with Gasteiger partial charge >= 0.3 is 0 Å². The Labute approximate surface area is 152 Å². The fourth-order valence-electron chi connectivity index (χ4n) is 3.75. The maximum atomic E-state index is 13.2. The molecule has 1 aliphatic heterocycles. The van der Waals surface area contributed by atoms with Gasteiger partial charge in [0, 0.05) is 19.5 Å². The first-order valence-corrected chi connectivity index (χ1v) is 9.12. The van der Waals surface area contributed by atoms with E-state index in [4.69, 9.17) is 4.98 Å². The molecular formula is C21H22FN3O. The van der Waals surface area contributed by atoms with Gasteiger partial charge < -0.3 is 9.47 Å². The van der Waals surface area contributed by atoms with E-state index in [0.29, 0.717) is 6.42 Å². The summed E-state index contributed by atoms with van der Waals surface area (Å²) in [4.78, 5) is 19.7. The van der Waals surface area contributed by atoms with Gasteiger partial charge in [-0.1, -0.05) is 24.3 Å². The largest absolute Gasteiger partial charge is 0.341 e. The van der Waals surface area contributed by atoms with Gasteiger partial charge in [0.2, 0.25) is 5.91 Å². The summed E-state index contributed by atoms with van der Waals surface area (Å²) in [6.45, 7) is 3.62. The molecular weight excluding hydrogens is 329 g/mol. The molecule has 1 aliphatic rings. The van der Waals surface area contributed by atoms with E-state index in [9.17, 15) is 9.18 Å². The number of fused-ring (bicyclic) bond motifs is 1. The molecule has 0 radical (unpaired) electrons. The lowest BCUT2D eigenvalue weighted by atomic mass is 10.1. The zero-order valence-electron chi connectivity index (χ0n) is 14.9. The average molecular weight is 351 g/mol. The van der Waals surface area contributed by atoms with Crippen LogP contribution in [0.25, 0.3) is 11.0 Å². The highest BCUT2D eigenvalue weighted by Gasteiger charge is 2.27. The smallest absolute Gasteiger partial charge is 0.245 e. The molecule has 1 saturated heterocycles. The van der Waals surface area contributed by atoms with Gasteiger partial charge in [-0.15, -0.1) is 0 Å². The molecule has 134 valence electrons. The third-order valence-corrected chi connectivity index (χ3v) is 5.11. The molecule has 26 heavy (non-hydrogen) atoms. The van der Waals surface area contributed by atoms with Crippen molar-refractivity contribution >= 4 is 16.9 Å². The standard InChI is InChI=1S/C21H22FN3O/c1-15(21(26)24-12-4-5-13-24)25-19-7-3-2-6-18(19)23-20(25)14-16-8-10-17(22)11-9-16/h2-3,6-11,15H,4-5,12-14H2,1H3. The summed E-state index contributed by atoms with van der Waals surface area (Å²) >= 11 is 0. The van der Waals surface area contributed by atoms with Gasteiger partial charge in [-0.25, -0.2) is 9.37 Å². The highest BCUT2D eigenvalue weighted by Crippen LogP contribution is 2.25. The fourth-order valence-corrected chi connectivity index (χ4v) is 3.75. The molecule has 0 bridgehead atoms. The number of para-hydroxylation sites is 2. The Morgan fingerprint density at radius 3 is 2.54 bits per heavy atom. The van der Waals surface area contributed by atoms with Crippen LogP contribution in [-0.2, 0) is 11.2 Å². The highest BCUT2D eigenvalue weighted by atomic mass is 19.1. The van der Waals surface area contributed by atoms with Gasteiger partial charge in [-0.05, 0) is 49.6 Å². The van der Waals surface area contributed by atoms with Crippen LogP contribution in [0.15, 0.2) is 48.5 Å². The summed E-state index contributed by atoms with van der Waals surface area (Å²) in [5, 5.41) is 0. The minimum Gasteiger partial charge on any atom is -0.341 e. The molecule has 5 heteroatoms. The van der Waals surface area contributed by atoms with E-state index in [0.717, 1.165) is 48.4 Å². The third kappa shape index (κ3) is 3.09. The van der Waals surface area contributed by atoms with Crippen molar-refractivity contribution in [2.75, 3.05) is 13.1 Å². The summed E-state index contributed by atoms with van der Waals surface area (Å²) in [5.74, 6) is 0.726. The molecule has 4 rings (SSSR count). The lowest BCUT2D eigenvalue weighted by Crippen LogP contribution is -2.34. The van der Waals surface area contributed by atoms with Crippen LogP contribution in [-0.4, -0.2) is 33.4 Å². The second-order valence-electron chi connectivity index (χ2n) is 6.90. The second-order valence-corrected chi connectivity index (χ2v) is 6.90. The molecule has 2 heterocycles. The fraction of sp³-hybridized carbons (Fsp3) is 0.333. The number of halogens is 1. The Hall–Kier alpha value is -2.69. The molecule has 1 fully saturated rings. The molecule has 1 aromatic heterocycles. The van der Waals surface area contributed by atoms with E-state index in [1.165, 1.54) is 12.1 Å². The summed E-state index contributed by atoms with van der Waals surface area (Å²) < 4.78 is 15.2. The van der Waals surface area contributed by atoms with Crippen LogP contribution in [0.1, 0.15) is 37.2 Å². The maximum absolute atomic E-state index is 13.2. The molecule has 1 amide bonds. The van der Waals surface area contributed by atoms with Crippen molar-refractivity contribution in [3.8, 4) is 0 Å². The van der Waals surface area contributed by atoms with Crippen molar-refractivity contribution in [3.63, 3.8) is 0 Å². The maximum Gasteiger partial charge on any atom is 0.245 e. The predicted octanol–water partition coefficient (Wildman–Crippen LogP) is 3.95. The highest BCUT2D eigenvalue weighted by molar-refractivity contribution is 5.84. The molecule has 1 atom stereocenters. The van der Waals surface area contributed by atoms with Crippen LogP contribution in [0.2, 0.25) is 0 Å². The van der Waals surface area contributed by atoms with Crippen molar-refractivity contribution in [1.82, 2.24) is 14.5 Å². The molecule has 0 spiro atoms. The minimum atomic E-state index is -0.309. The average Bonchev–Trinajstić information content (AvgIpc) is 3.30. The lowest BCUT2D eigenvalue weighted by Gasteiger charge is -2.23. The minimum absolute atomic E-state index is 0.144. The summed E-state index contributed by atoms with van der Waals surface area (Å²) in [6.07, 6.45) is 2.71. The Kier molecular flexibility index (Phi) is 4.45. The number of likely N-dealkylation sites (tertiary alicyclic amines) is 1. The number of carbonyl (C=O) groups is 1. The number of hydrogen-bond acceptors (Lipinski definition) is 2. The number of nitrogens with zero attached hydrogens (tertiary/aromatic N) is 3. The third-order valence-electron chi connectivity index (χ3n) is 5.11. The van der Waals surface area contributed by atoms with Gasteiger partial charge in [0.1, 0.15) is 17.7 Å². The first kappa shape index (κ1) is 16.8. The number of imidazole rings is 1. The van der Waals surface area contributed by atoms with Crippen LogP contribution in [0.5, 0.6) is 0 Å². The first-order chi connectivity index (χ1) is 12.6. The number of amides is 1. The van der Waals surface area contributed by atoms with E-state index >= 15 is 0 Å². The van der Waals surface area contributed by atoms with E-state index in [1.54, 1.807) is 12.1 Å². The number of hydrogen-bond donors (Lipinski definition) is 0. The van der Waals surface area contributed by atoms with Gasteiger partial charge in [-0.2, -0.15) is 0 Å². The number of aromatic nitrogens is 2. The molecule has 0 N–H and O–H groups in total. The van der Waals surface area contributed by atoms with Crippen molar-refractivity contribution in [3.05, 3.63) is 65.7 Å². The Morgan fingerprint density at radius 1 is 1.12 bits per heavy atom. The molecule has 0 aliphatic carbocycles. The zero-order chi connectivity index (χ0) is 18.1. The van der Waals surface area contributed by atoms with E-state index in [1.807, 2.05) is 40.7 Å². The van der Waals surface area contributed by atoms with Crippen LogP contribution in [0.4, 0.5) is 4.39 Å². The molecule has 2 aromatic carbocycles. The van der Waals surface area contributed by atoms with Crippen molar-refractivity contribution < 1.29 is 9.18 Å². The quantitative estimate of drug-likeness (QED) is 0.714. The van der Waals surface area contributed by atoms with Crippen LogP contribution >= 0.6 is 0 Å². The molecule has 0 saturated carbocycles. The number of benzene rings is 2. The summed E-state index contributed by atoms with van der Waals surface area (Å²) in [6, 6.07) is 14.0. The molecule has 3 aromatic rings. The Morgan fingerprint density at radius 2 is 1.81 bits per heavy atom. The second kappa shape index (κ2) is 6.90. The summed E-state index contributed by atoms with van der Waals surface area (Å²) in [7, 11) is 0. The van der Waals surface area contributed by atoms with E-state index in [2.05, 4.69) is 0 Å². The van der Waals surface area contributed by atoms with E-state index < -0.39 is 0 Å². The topological polar surface area (TPSA) is 38.1 Å². The van der Waals surface area contributed by atoms with Crippen LogP contribution in [0, 0.1) is 5.82 Å². The van der Waals surface area contributed by atoms with Crippen molar-refractivity contribution in [1.29, 1.82) is 0 Å². The monoisotopic (exact) mass is 351 g/mol. The lowest BCUT2D eigenvalue weighted by molar-refractivity contribution is -0.133. The Bertz CT molecular complexity index is 926. The normalized spacial score (nSPS) is 15.5. The SMILES string of the molecule is CC(C(=O)N1CCCC1)n1c(Cc2ccc(F)cc2)nc2ccccc21. The number of rotatable bonds is 4. The Balaban J connectivity index is 1.73. The predicted molar refractivity (Wildman–Crippen MR) is 99.5 cm³/mol. The first-order valence-electron chi connectivity index (χ1n) is 9.12. The number of carbonyl (C=O) groups excluding carboxylic acids is 1. The van der Waals surface area contributed by atoms with Crippen molar-refractivity contribution in [2.24, 2.45) is 0 Å². The van der Waals surface area contributed by atoms with Crippen LogP contribution in [0.3, 0.4) is 0 Å².